The van der Waals surface area contributed by atoms with Crippen molar-refractivity contribution in [2.75, 3.05) is 11.4 Å². The molecule has 7 heteroatoms. The summed E-state index contributed by atoms with van der Waals surface area (Å²) in [4.78, 5) is 44.0. The molecule has 0 atom stereocenters. The summed E-state index contributed by atoms with van der Waals surface area (Å²) < 4.78 is 1.79. The van der Waals surface area contributed by atoms with Crippen LogP contribution in [0, 0.1) is 0 Å². The number of nitrogens with one attached hydrogen (secondary N) is 1. The molecule has 0 spiro atoms. The van der Waals surface area contributed by atoms with Crippen molar-refractivity contribution in [3.63, 3.8) is 0 Å². The van der Waals surface area contributed by atoms with Crippen molar-refractivity contribution >= 4 is 28.4 Å². The van der Waals surface area contributed by atoms with Crippen LogP contribution in [0.4, 0.5) is 5.69 Å². The van der Waals surface area contributed by atoms with E-state index >= 15 is 0 Å². The van der Waals surface area contributed by atoms with Crippen LogP contribution in [-0.2, 0) is 24.3 Å². The lowest BCUT2D eigenvalue weighted by Crippen LogP contribution is -2.26. The van der Waals surface area contributed by atoms with Crippen LogP contribution in [0.15, 0.2) is 47.3 Å². The number of carbonyl (C=O) groups excluding carboxylic acids is 2. The second-order valence-electron chi connectivity index (χ2n) is 8.53. The number of aryl methyl sites for hydroxylation is 1. The lowest BCUT2D eigenvalue weighted by atomic mass is 10.1. The van der Waals surface area contributed by atoms with Crippen LogP contribution in [0.5, 0.6) is 0 Å². The van der Waals surface area contributed by atoms with E-state index in [4.69, 9.17) is 4.98 Å². The highest BCUT2D eigenvalue weighted by Gasteiger charge is 2.21. The third-order valence-corrected chi connectivity index (χ3v) is 6.35. The zero-order valence-electron chi connectivity index (χ0n) is 18.0. The monoisotopic (exact) mass is 430 g/mol. The molecule has 32 heavy (non-hydrogen) atoms. The zero-order chi connectivity index (χ0) is 22.1. The van der Waals surface area contributed by atoms with E-state index < -0.39 is 0 Å². The van der Waals surface area contributed by atoms with Gasteiger partial charge in [0.1, 0.15) is 5.82 Å². The van der Waals surface area contributed by atoms with Crippen molar-refractivity contribution in [1.29, 1.82) is 0 Å². The highest BCUT2D eigenvalue weighted by molar-refractivity contribution is 5.97. The van der Waals surface area contributed by atoms with Crippen molar-refractivity contribution in [2.45, 2.75) is 51.6 Å². The minimum atomic E-state index is -0.206. The van der Waals surface area contributed by atoms with Crippen LogP contribution in [0.1, 0.15) is 53.8 Å². The largest absolute Gasteiger partial charge is 0.348 e. The van der Waals surface area contributed by atoms with E-state index in [9.17, 15) is 14.4 Å². The summed E-state index contributed by atoms with van der Waals surface area (Å²) in [5.41, 5.74) is 2.90. The van der Waals surface area contributed by atoms with Gasteiger partial charge in [0.05, 0.1) is 10.9 Å². The second-order valence-corrected chi connectivity index (χ2v) is 8.53. The van der Waals surface area contributed by atoms with E-state index in [0.717, 1.165) is 55.7 Å². The molecule has 1 N–H and O–H groups in total. The number of hydrogen-bond donors (Lipinski definition) is 1. The lowest BCUT2D eigenvalue weighted by molar-refractivity contribution is -0.117. The molecule has 7 nitrogen and oxygen atoms in total. The topological polar surface area (TPSA) is 84.3 Å². The van der Waals surface area contributed by atoms with Crippen LogP contribution in [0.2, 0.25) is 0 Å². The van der Waals surface area contributed by atoms with Gasteiger partial charge in [0, 0.05) is 43.7 Å². The Morgan fingerprint density at radius 2 is 1.78 bits per heavy atom. The average molecular weight is 431 g/mol. The molecule has 0 aliphatic carbocycles. The number of amides is 2. The number of rotatable bonds is 4. The minimum Gasteiger partial charge on any atom is -0.348 e. The van der Waals surface area contributed by atoms with Gasteiger partial charge in [0.15, 0.2) is 0 Å². The van der Waals surface area contributed by atoms with Crippen molar-refractivity contribution in [3.8, 4) is 0 Å². The maximum absolute atomic E-state index is 12.9. The van der Waals surface area contributed by atoms with Gasteiger partial charge in [-0.1, -0.05) is 18.6 Å². The van der Waals surface area contributed by atoms with Gasteiger partial charge in [-0.05, 0) is 55.2 Å². The molecule has 3 heterocycles. The fourth-order valence-corrected chi connectivity index (χ4v) is 4.56. The van der Waals surface area contributed by atoms with Crippen LogP contribution in [0.25, 0.3) is 10.9 Å². The van der Waals surface area contributed by atoms with Gasteiger partial charge in [-0.15, -0.1) is 0 Å². The van der Waals surface area contributed by atoms with E-state index in [-0.39, 0.29) is 17.4 Å². The van der Waals surface area contributed by atoms with Gasteiger partial charge in [-0.3, -0.25) is 19.0 Å². The van der Waals surface area contributed by atoms with Gasteiger partial charge >= 0.3 is 0 Å². The number of anilines is 1. The summed E-state index contributed by atoms with van der Waals surface area (Å²) in [6.45, 7) is 1.85. The summed E-state index contributed by atoms with van der Waals surface area (Å²) in [7, 11) is 0. The molecule has 2 aliphatic heterocycles. The third-order valence-electron chi connectivity index (χ3n) is 6.35. The normalized spacial score (nSPS) is 16.1. The molecule has 2 aromatic carbocycles. The number of benzene rings is 2. The van der Waals surface area contributed by atoms with Gasteiger partial charge in [0.2, 0.25) is 5.91 Å². The van der Waals surface area contributed by atoms with E-state index in [1.165, 1.54) is 0 Å². The Bertz CT molecular complexity index is 1250. The third kappa shape index (κ3) is 3.90. The number of hydrogen-bond acceptors (Lipinski definition) is 4. The van der Waals surface area contributed by atoms with Crippen molar-refractivity contribution in [1.82, 2.24) is 14.9 Å². The van der Waals surface area contributed by atoms with Crippen LogP contribution in [-0.4, -0.2) is 27.9 Å². The Kier molecular flexibility index (Phi) is 5.47. The summed E-state index contributed by atoms with van der Waals surface area (Å²) in [5.74, 6) is 0.768. The van der Waals surface area contributed by atoms with Gasteiger partial charge in [0.25, 0.3) is 11.5 Å². The first kappa shape index (κ1) is 20.4. The van der Waals surface area contributed by atoms with Gasteiger partial charge in [-0.2, -0.15) is 0 Å². The summed E-state index contributed by atoms with van der Waals surface area (Å²) in [6.07, 6.45) is 5.42. The number of nitrogens with zero attached hydrogens (tertiary/aromatic N) is 3. The summed E-state index contributed by atoms with van der Waals surface area (Å²) in [6, 6.07) is 12.8. The average Bonchev–Trinajstić information content (AvgIpc) is 3.10. The Morgan fingerprint density at radius 3 is 2.56 bits per heavy atom. The molecule has 1 saturated heterocycles. The Labute approximate surface area is 186 Å². The number of carbonyl (C=O) groups is 2. The van der Waals surface area contributed by atoms with Crippen LogP contribution >= 0.6 is 0 Å². The van der Waals surface area contributed by atoms with E-state index in [2.05, 4.69) is 5.32 Å². The molecule has 5 rings (SSSR count). The quantitative estimate of drug-likeness (QED) is 0.689. The first-order chi connectivity index (χ1) is 15.6. The number of fused-ring (bicyclic) bond motifs is 2. The van der Waals surface area contributed by atoms with E-state index in [1.807, 2.05) is 24.3 Å². The molecule has 2 amide bonds. The van der Waals surface area contributed by atoms with Gasteiger partial charge < -0.3 is 10.2 Å². The smallest absolute Gasteiger partial charge is 0.261 e. The SMILES string of the molecule is O=C(NCc1ccc(N2CCCC2=O)cc1)c1ccc2c(=O)n3c(nc2c1)CCCCC3. The molecule has 0 bridgehead atoms. The van der Waals surface area contributed by atoms with Crippen LogP contribution < -0.4 is 15.8 Å². The maximum atomic E-state index is 12.9. The first-order valence-corrected chi connectivity index (χ1v) is 11.3. The molecule has 1 aromatic heterocycles. The minimum absolute atomic E-state index is 0.0181. The molecule has 2 aliphatic rings. The molecule has 0 radical (unpaired) electrons. The molecule has 0 unspecified atom stereocenters. The number of aromatic nitrogens is 2. The van der Waals surface area contributed by atoms with Crippen LogP contribution in [0.3, 0.4) is 0 Å². The highest BCUT2D eigenvalue weighted by Crippen LogP contribution is 2.22. The molecule has 3 aromatic rings. The first-order valence-electron chi connectivity index (χ1n) is 11.3. The van der Waals surface area contributed by atoms with E-state index in [1.54, 1.807) is 27.7 Å². The zero-order valence-corrected chi connectivity index (χ0v) is 18.0. The van der Waals surface area contributed by atoms with E-state index in [0.29, 0.717) is 36.0 Å². The molecular weight excluding hydrogens is 404 g/mol. The summed E-state index contributed by atoms with van der Waals surface area (Å²) in [5, 5.41) is 3.49. The Hall–Kier alpha value is -3.48. The van der Waals surface area contributed by atoms with Gasteiger partial charge in [-0.25, -0.2) is 4.98 Å². The van der Waals surface area contributed by atoms with Crippen molar-refractivity contribution in [3.05, 3.63) is 69.8 Å². The van der Waals surface area contributed by atoms with Crippen molar-refractivity contribution in [2.24, 2.45) is 0 Å². The standard InChI is InChI=1S/C25H26N4O3/c30-23-6-4-14-28(23)19-10-7-17(8-11-19)16-26-24(31)18-9-12-20-21(15-18)27-22-5-2-1-3-13-29(22)25(20)32/h7-12,15H,1-6,13-14,16H2,(H,26,31). The summed E-state index contributed by atoms with van der Waals surface area (Å²) >= 11 is 0. The van der Waals surface area contributed by atoms with Crippen molar-refractivity contribution < 1.29 is 9.59 Å². The highest BCUT2D eigenvalue weighted by atomic mass is 16.2. The molecule has 164 valence electrons. The predicted octanol–water partition coefficient (Wildman–Crippen LogP) is 3.18. The fraction of sp³-hybridized carbons (Fsp3) is 0.360. The maximum Gasteiger partial charge on any atom is 0.261 e. The Morgan fingerprint density at radius 1 is 0.938 bits per heavy atom. The molecule has 0 saturated carbocycles. The lowest BCUT2D eigenvalue weighted by Gasteiger charge is -2.16. The second kappa shape index (κ2) is 8.57. The fourth-order valence-electron chi connectivity index (χ4n) is 4.56. The Balaban J connectivity index is 1.30. The molecular formula is C25H26N4O3. The predicted molar refractivity (Wildman–Crippen MR) is 123 cm³/mol. The molecule has 1 fully saturated rings.